The Morgan fingerprint density at radius 1 is 1.30 bits per heavy atom. The average Bonchev–Trinajstić information content (AvgIpc) is 2.26. The van der Waals surface area contributed by atoms with E-state index < -0.39 is 0 Å². The van der Waals surface area contributed by atoms with E-state index in [0.29, 0.717) is 17.9 Å². The van der Waals surface area contributed by atoms with Crippen LogP contribution >= 0.6 is 0 Å². The number of carbonyl (C=O) groups excluding carboxylic acids is 1. The first kappa shape index (κ1) is 6.35. The highest BCUT2D eigenvalue weighted by atomic mass is 16.1. The van der Waals surface area contributed by atoms with Crippen molar-refractivity contribution in [1.29, 1.82) is 0 Å². The molecule has 4 atom stereocenters. The Morgan fingerprint density at radius 3 is 2.60 bits per heavy atom. The molecule has 0 aromatic rings. The number of rotatable bonds is 1. The predicted octanol–water partition coefficient (Wildman–Crippen LogP) is 0.559. The molecule has 0 radical (unpaired) electrons. The maximum atomic E-state index is 10.4. The van der Waals surface area contributed by atoms with Crippen LogP contribution in [0.3, 0.4) is 0 Å². The third-order valence-corrected chi connectivity index (χ3v) is 3.10. The van der Waals surface area contributed by atoms with Gasteiger partial charge in [0, 0.05) is 12.0 Å². The third kappa shape index (κ3) is 0.717. The van der Waals surface area contributed by atoms with Crippen LogP contribution in [0.5, 0.6) is 0 Å². The fraction of sp³-hybridized carbons (Fsp3) is 0.875. The van der Waals surface area contributed by atoms with Crippen molar-refractivity contribution in [3.05, 3.63) is 0 Å². The highest BCUT2D eigenvalue weighted by molar-refractivity contribution is 5.54. The van der Waals surface area contributed by atoms with Crippen LogP contribution in [-0.2, 0) is 4.79 Å². The minimum Gasteiger partial charge on any atom is -0.327 e. The molecule has 2 N–H and O–H groups in total. The summed E-state index contributed by atoms with van der Waals surface area (Å²) in [6.45, 7) is 0. The summed E-state index contributed by atoms with van der Waals surface area (Å²) in [4.78, 5) is 10.4. The first-order valence-electron chi connectivity index (χ1n) is 4.02. The molecule has 2 heteroatoms. The summed E-state index contributed by atoms with van der Waals surface area (Å²) < 4.78 is 0. The van der Waals surface area contributed by atoms with Gasteiger partial charge >= 0.3 is 0 Å². The van der Waals surface area contributed by atoms with Crippen molar-refractivity contribution in [3.8, 4) is 0 Å². The van der Waals surface area contributed by atoms with Crippen LogP contribution in [0.2, 0.25) is 0 Å². The molecule has 0 aliphatic heterocycles. The van der Waals surface area contributed by atoms with E-state index in [1.165, 1.54) is 0 Å². The molecule has 10 heavy (non-hydrogen) atoms. The minimum atomic E-state index is 0.337. The normalized spacial score (nSPS) is 51.7. The van der Waals surface area contributed by atoms with Crippen molar-refractivity contribution >= 4 is 6.29 Å². The molecule has 0 spiro atoms. The standard InChI is InChI=1S/C8H13NO/c9-8-3-6-1-5(4-10)2-7(6)8/h4-8H,1-3,9H2/t5?,6-,7-,8+/m1/s1. The third-order valence-electron chi connectivity index (χ3n) is 3.10. The molecule has 0 saturated heterocycles. The van der Waals surface area contributed by atoms with Crippen molar-refractivity contribution in [1.82, 2.24) is 0 Å². The monoisotopic (exact) mass is 139 g/mol. The average molecular weight is 139 g/mol. The molecule has 0 aromatic carbocycles. The van der Waals surface area contributed by atoms with Gasteiger partial charge < -0.3 is 10.5 Å². The highest BCUT2D eigenvalue weighted by Crippen LogP contribution is 2.47. The van der Waals surface area contributed by atoms with Gasteiger partial charge in [-0.2, -0.15) is 0 Å². The molecule has 2 aliphatic rings. The zero-order chi connectivity index (χ0) is 7.14. The van der Waals surface area contributed by atoms with Gasteiger partial charge in [-0.25, -0.2) is 0 Å². The lowest BCUT2D eigenvalue weighted by Crippen LogP contribution is -2.44. The lowest BCUT2D eigenvalue weighted by atomic mass is 9.72. The van der Waals surface area contributed by atoms with Crippen LogP contribution in [0.15, 0.2) is 0 Å². The lowest BCUT2D eigenvalue weighted by Gasteiger charge is -2.37. The summed E-state index contributed by atoms with van der Waals surface area (Å²) in [6.07, 6.45) is 4.44. The molecule has 2 nitrogen and oxygen atoms in total. The maximum Gasteiger partial charge on any atom is 0.123 e. The van der Waals surface area contributed by atoms with Gasteiger partial charge in [0.25, 0.3) is 0 Å². The second-order valence-corrected chi connectivity index (χ2v) is 3.69. The molecule has 0 bridgehead atoms. The zero-order valence-electron chi connectivity index (χ0n) is 5.99. The van der Waals surface area contributed by atoms with Crippen molar-refractivity contribution in [2.75, 3.05) is 0 Å². The molecule has 2 aliphatic carbocycles. The van der Waals surface area contributed by atoms with Crippen LogP contribution in [0.1, 0.15) is 19.3 Å². The van der Waals surface area contributed by atoms with Gasteiger partial charge in [-0.05, 0) is 31.1 Å². The van der Waals surface area contributed by atoms with Crippen molar-refractivity contribution in [2.24, 2.45) is 23.5 Å². The van der Waals surface area contributed by atoms with Gasteiger partial charge in [-0.1, -0.05) is 0 Å². The fourth-order valence-electron chi connectivity index (χ4n) is 2.44. The molecule has 0 heterocycles. The SMILES string of the molecule is N[C@H]1C[C@H]2CC(C=O)C[C@H]21. The summed E-state index contributed by atoms with van der Waals surface area (Å²) >= 11 is 0. The van der Waals surface area contributed by atoms with Gasteiger partial charge in [-0.15, -0.1) is 0 Å². The molecular weight excluding hydrogens is 126 g/mol. The van der Waals surface area contributed by atoms with Gasteiger partial charge in [0.15, 0.2) is 0 Å². The van der Waals surface area contributed by atoms with Gasteiger partial charge in [-0.3, -0.25) is 0 Å². The predicted molar refractivity (Wildman–Crippen MR) is 38.4 cm³/mol. The van der Waals surface area contributed by atoms with Crippen molar-refractivity contribution in [3.63, 3.8) is 0 Å². The van der Waals surface area contributed by atoms with Crippen LogP contribution in [-0.4, -0.2) is 12.3 Å². The Labute approximate surface area is 60.8 Å². The number of nitrogens with two attached hydrogens (primary N) is 1. The van der Waals surface area contributed by atoms with Crippen LogP contribution in [0.25, 0.3) is 0 Å². The maximum absolute atomic E-state index is 10.4. The van der Waals surface area contributed by atoms with Crippen LogP contribution < -0.4 is 5.73 Å². The summed E-state index contributed by atoms with van der Waals surface area (Å²) in [5.41, 5.74) is 5.76. The summed E-state index contributed by atoms with van der Waals surface area (Å²) in [7, 11) is 0. The van der Waals surface area contributed by atoms with E-state index in [1.807, 2.05) is 0 Å². The van der Waals surface area contributed by atoms with Gasteiger partial charge in [0.1, 0.15) is 6.29 Å². The molecule has 2 rings (SSSR count). The fourth-order valence-corrected chi connectivity index (χ4v) is 2.44. The Bertz CT molecular complexity index is 157. The van der Waals surface area contributed by atoms with E-state index >= 15 is 0 Å². The molecule has 2 saturated carbocycles. The largest absolute Gasteiger partial charge is 0.327 e. The number of carbonyl (C=O) groups is 1. The zero-order valence-corrected chi connectivity index (χ0v) is 5.99. The Kier molecular flexibility index (Phi) is 1.31. The Hall–Kier alpha value is -0.370. The Balaban J connectivity index is 1.98. The lowest BCUT2D eigenvalue weighted by molar-refractivity contribution is -0.111. The first-order chi connectivity index (χ1) is 4.81. The summed E-state index contributed by atoms with van der Waals surface area (Å²) in [6, 6.07) is 0.412. The molecule has 2 fully saturated rings. The van der Waals surface area contributed by atoms with E-state index in [0.717, 1.165) is 31.5 Å². The second kappa shape index (κ2) is 2.06. The molecule has 1 unspecified atom stereocenters. The Morgan fingerprint density at radius 2 is 2.10 bits per heavy atom. The number of hydrogen-bond acceptors (Lipinski definition) is 2. The van der Waals surface area contributed by atoms with E-state index in [2.05, 4.69) is 0 Å². The molecule has 0 aromatic heterocycles. The topological polar surface area (TPSA) is 43.1 Å². The molecular formula is C8H13NO. The summed E-state index contributed by atoms with van der Waals surface area (Å²) in [5.74, 6) is 1.82. The number of fused-ring (bicyclic) bond motifs is 1. The van der Waals surface area contributed by atoms with E-state index in [4.69, 9.17) is 5.73 Å². The summed E-state index contributed by atoms with van der Waals surface area (Å²) in [5, 5.41) is 0. The van der Waals surface area contributed by atoms with Crippen molar-refractivity contribution in [2.45, 2.75) is 25.3 Å². The number of aldehydes is 1. The molecule has 56 valence electrons. The smallest absolute Gasteiger partial charge is 0.123 e. The second-order valence-electron chi connectivity index (χ2n) is 3.69. The van der Waals surface area contributed by atoms with Crippen molar-refractivity contribution < 1.29 is 4.79 Å². The number of hydrogen-bond donors (Lipinski definition) is 1. The van der Waals surface area contributed by atoms with Crippen LogP contribution in [0, 0.1) is 17.8 Å². The van der Waals surface area contributed by atoms with Gasteiger partial charge in [0.05, 0.1) is 0 Å². The highest BCUT2D eigenvalue weighted by Gasteiger charge is 2.45. The van der Waals surface area contributed by atoms with E-state index in [9.17, 15) is 4.79 Å². The minimum absolute atomic E-state index is 0.337. The first-order valence-corrected chi connectivity index (χ1v) is 4.02. The molecule has 0 amide bonds. The quantitative estimate of drug-likeness (QED) is 0.539. The van der Waals surface area contributed by atoms with E-state index in [1.54, 1.807) is 0 Å². The van der Waals surface area contributed by atoms with Gasteiger partial charge in [0.2, 0.25) is 0 Å². The van der Waals surface area contributed by atoms with Crippen LogP contribution in [0.4, 0.5) is 0 Å². The van der Waals surface area contributed by atoms with E-state index in [-0.39, 0.29) is 0 Å².